The summed E-state index contributed by atoms with van der Waals surface area (Å²) in [7, 11) is 0. The lowest BCUT2D eigenvalue weighted by atomic mass is 10.1. The van der Waals surface area contributed by atoms with Gasteiger partial charge < -0.3 is 10.4 Å². The van der Waals surface area contributed by atoms with E-state index in [0.717, 1.165) is 19.4 Å². The standard InChI is InChI=1S/C11H20N2OS/c1-9(7-14)4-3-5-13-10(2)11-6-12-8-15-11/h6,8-10,13-14H,3-5,7H2,1-2H3. The van der Waals surface area contributed by atoms with E-state index in [0.29, 0.717) is 18.6 Å². The van der Waals surface area contributed by atoms with Crippen LogP contribution in [0.5, 0.6) is 0 Å². The van der Waals surface area contributed by atoms with E-state index in [2.05, 4.69) is 24.1 Å². The van der Waals surface area contributed by atoms with Crippen molar-refractivity contribution < 1.29 is 5.11 Å². The van der Waals surface area contributed by atoms with Gasteiger partial charge in [-0.15, -0.1) is 11.3 Å². The monoisotopic (exact) mass is 228 g/mol. The predicted octanol–water partition coefficient (Wildman–Crippen LogP) is 2.20. The van der Waals surface area contributed by atoms with E-state index in [1.54, 1.807) is 11.3 Å². The Morgan fingerprint density at radius 3 is 2.93 bits per heavy atom. The van der Waals surface area contributed by atoms with Gasteiger partial charge in [0.05, 0.1) is 5.51 Å². The lowest BCUT2D eigenvalue weighted by Gasteiger charge is -2.12. The molecule has 0 aliphatic rings. The second kappa shape index (κ2) is 6.93. The molecule has 86 valence electrons. The molecule has 1 aromatic rings. The van der Waals surface area contributed by atoms with Crippen molar-refractivity contribution in [2.24, 2.45) is 5.92 Å². The number of hydrogen-bond acceptors (Lipinski definition) is 4. The summed E-state index contributed by atoms with van der Waals surface area (Å²) in [6.07, 6.45) is 4.11. The number of nitrogens with one attached hydrogen (secondary N) is 1. The maximum Gasteiger partial charge on any atom is 0.0794 e. The van der Waals surface area contributed by atoms with Crippen molar-refractivity contribution >= 4 is 11.3 Å². The highest BCUT2D eigenvalue weighted by Gasteiger charge is 2.06. The van der Waals surface area contributed by atoms with Gasteiger partial charge in [-0.1, -0.05) is 6.92 Å². The zero-order valence-corrected chi connectivity index (χ0v) is 10.3. The predicted molar refractivity (Wildman–Crippen MR) is 64.0 cm³/mol. The maximum absolute atomic E-state index is 8.87. The highest BCUT2D eigenvalue weighted by atomic mass is 32.1. The van der Waals surface area contributed by atoms with Crippen LogP contribution in [0.1, 0.15) is 37.6 Å². The first kappa shape index (κ1) is 12.6. The fraction of sp³-hybridized carbons (Fsp3) is 0.727. The number of aliphatic hydroxyl groups excluding tert-OH is 1. The molecule has 1 aromatic heterocycles. The summed E-state index contributed by atoms with van der Waals surface area (Å²) in [4.78, 5) is 5.34. The van der Waals surface area contributed by atoms with Gasteiger partial charge in [0.2, 0.25) is 0 Å². The van der Waals surface area contributed by atoms with Gasteiger partial charge in [0, 0.05) is 23.7 Å². The van der Waals surface area contributed by atoms with Crippen molar-refractivity contribution in [3.05, 3.63) is 16.6 Å². The van der Waals surface area contributed by atoms with Crippen molar-refractivity contribution in [2.45, 2.75) is 32.7 Å². The highest BCUT2D eigenvalue weighted by Crippen LogP contribution is 2.16. The Morgan fingerprint density at radius 2 is 2.33 bits per heavy atom. The zero-order chi connectivity index (χ0) is 11.1. The average molecular weight is 228 g/mol. The molecule has 0 bridgehead atoms. The smallest absolute Gasteiger partial charge is 0.0794 e. The van der Waals surface area contributed by atoms with E-state index < -0.39 is 0 Å². The molecule has 0 saturated heterocycles. The van der Waals surface area contributed by atoms with Crippen LogP contribution >= 0.6 is 11.3 Å². The Morgan fingerprint density at radius 1 is 1.53 bits per heavy atom. The van der Waals surface area contributed by atoms with Gasteiger partial charge >= 0.3 is 0 Å². The van der Waals surface area contributed by atoms with Crippen LogP contribution in [0, 0.1) is 5.92 Å². The molecule has 0 fully saturated rings. The number of nitrogens with zero attached hydrogens (tertiary/aromatic N) is 1. The van der Waals surface area contributed by atoms with Crippen molar-refractivity contribution in [1.82, 2.24) is 10.3 Å². The minimum atomic E-state index is 0.296. The number of thiazole rings is 1. The van der Waals surface area contributed by atoms with E-state index in [1.807, 2.05) is 11.7 Å². The summed E-state index contributed by atoms with van der Waals surface area (Å²) in [5, 5.41) is 12.3. The molecule has 1 rings (SSSR count). The molecule has 2 atom stereocenters. The summed E-state index contributed by atoms with van der Waals surface area (Å²) in [6.45, 7) is 5.53. The second-order valence-electron chi connectivity index (χ2n) is 4.01. The summed E-state index contributed by atoms with van der Waals surface area (Å²) in [5.41, 5.74) is 1.86. The third-order valence-electron chi connectivity index (χ3n) is 2.51. The van der Waals surface area contributed by atoms with Crippen LogP contribution in [0.3, 0.4) is 0 Å². The van der Waals surface area contributed by atoms with Crippen LogP contribution in [0.15, 0.2) is 11.7 Å². The molecule has 1 heterocycles. The molecule has 0 amide bonds. The van der Waals surface area contributed by atoms with Gasteiger partial charge in [0.1, 0.15) is 0 Å². The molecule has 0 radical (unpaired) electrons. The van der Waals surface area contributed by atoms with Crippen LogP contribution in [-0.4, -0.2) is 23.2 Å². The lowest BCUT2D eigenvalue weighted by Crippen LogP contribution is -2.19. The van der Waals surface area contributed by atoms with Crippen LogP contribution in [0.25, 0.3) is 0 Å². The van der Waals surface area contributed by atoms with Gasteiger partial charge in [-0.3, -0.25) is 4.98 Å². The molecule has 15 heavy (non-hydrogen) atoms. The van der Waals surface area contributed by atoms with Crippen molar-refractivity contribution in [3.8, 4) is 0 Å². The molecule has 2 N–H and O–H groups in total. The Bertz CT molecular complexity index is 251. The molecule has 2 unspecified atom stereocenters. The van der Waals surface area contributed by atoms with Gasteiger partial charge in [-0.05, 0) is 32.2 Å². The first-order valence-electron chi connectivity index (χ1n) is 5.46. The summed E-state index contributed by atoms with van der Waals surface area (Å²) >= 11 is 1.69. The summed E-state index contributed by atoms with van der Waals surface area (Å²) in [5.74, 6) is 0.422. The maximum atomic E-state index is 8.87. The first-order valence-corrected chi connectivity index (χ1v) is 6.34. The number of aliphatic hydroxyl groups is 1. The molecule has 3 nitrogen and oxygen atoms in total. The van der Waals surface area contributed by atoms with Gasteiger partial charge in [-0.25, -0.2) is 0 Å². The molecule has 0 aliphatic carbocycles. The van der Waals surface area contributed by atoms with Crippen LogP contribution in [0.4, 0.5) is 0 Å². The topological polar surface area (TPSA) is 45.1 Å². The number of rotatable bonds is 7. The normalized spacial score (nSPS) is 15.1. The third kappa shape index (κ3) is 4.73. The van der Waals surface area contributed by atoms with Gasteiger partial charge in [0.25, 0.3) is 0 Å². The minimum Gasteiger partial charge on any atom is -0.396 e. The Kier molecular flexibility index (Phi) is 5.83. The molecule has 0 aliphatic heterocycles. The SMILES string of the molecule is CC(CO)CCCNC(C)c1cncs1. The summed E-state index contributed by atoms with van der Waals surface area (Å²) in [6, 6.07) is 0.391. The fourth-order valence-corrected chi connectivity index (χ4v) is 2.05. The molecule has 4 heteroatoms. The largest absolute Gasteiger partial charge is 0.396 e. The van der Waals surface area contributed by atoms with Crippen LogP contribution in [0.2, 0.25) is 0 Å². The first-order chi connectivity index (χ1) is 7.24. The molecule has 0 saturated carbocycles. The third-order valence-corrected chi connectivity index (χ3v) is 3.47. The Hall–Kier alpha value is -0.450. The van der Waals surface area contributed by atoms with Gasteiger partial charge in [-0.2, -0.15) is 0 Å². The molecule has 0 aromatic carbocycles. The quantitative estimate of drug-likeness (QED) is 0.703. The van der Waals surface area contributed by atoms with E-state index in [-0.39, 0.29) is 0 Å². The zero-order valence-electron chi connectivity index (χ0n) is 9.44. The number of aromatic nitrogens is 1. The van der Waals surface area contributed by atoms with E-state index in [9.17, 15) is 0 Å². The highest BCUT2D eigenvalue weighted by molar-refractivity contribution is 7.09. The van der Waals surface area contributed by atoms with Crippen LogP contribution < -0.4 is 5.32 Å². The summed E-state index contributed by atoms with van der Waals surface area (Å²) < 4.78 is 0. The average Bonchev–Trinajstić information content (AvgIpc) is 2.77. The van der Waals surface area contributed by atoms with Crippen molar-refractivity contribution in [3.63, 3.8) is 0 Å². The Balaban J connectivity index is 2.10. The minimum absolute atomic E-state index is 0.296. The fourth-order valence-electron chi connectivity index (χ4n) is 1.40. The van der Waals surface area contributed by atoms with Crippen LogP contribution in [-0.2, 0) is 0 Å². The second-order valence-corrected chi connectivity index (χ2v) is 4.93. The Labute approximate surface area is 95.6 Å². The van der Waals surface area contributed by atoms with E-state index in [1.165, 1.54) is 4.88 Å². The molecule has 0 spiro atoms. The van der Waals surface area contributed by atoms with E-state index in [4.69, 9.17) is 5.11 Å². The molecular formula is C11H20N2OS. The van der Waals surface area contributed by atoms with Crippen molar-refractivity contribution in [1.29, 1.82) is 0 Å². The van der Waals surface area contributed by atoms with E-state index >= 15 is 0 Å². The van der Waals surface area contributed by atoms with Crippen molar-refractivity contribution in [2.75, 3.05) is 13.2 Å². The number of hydrogen-bond donors (Lipinski definition) is 2. The lowest BCUT2D eigenvalue weighted by molar-refractivity contribution is 0.227. The molecular weight excluding hydrogens is 208 g/mol. The van der Waals surface area contributed by atoms with Gasteiger partial charge in [0.15, 0.2) is 0 Å².